The van der Waals surface area contributed by atoms with Gasteiger partial charge < -0.3 is 10.4 Å². The molecule has 1 aliphatic rings. The average molecular weight is 262 g/mol. The number of hydrogen-bond acceptors (Lipinski definition) is 3. The van der Waals surface area contributed by atoms with E-state index in [4.69, 9.17) is 0 Å². The number of aryl methyl sites for hydroxylation is 2. The Labute approximate surface area is 114 Å². The fourth-order valence-electron chi connectivity index (χ4n) is 2.55. The third kappa shape index (κ3) is 3.55. The first kappa shape index (κ1) is 14.0. The summed E-state index contributed by atoms with van der Waals surface area (Å²) < 4.78 is 0. The van der Waals surface area contributed by atoms with E-state index in [1.165, 1.54) is 0 Å². The van der Waals surface area contributed by atoms with Gasteiger partial charge in [-0.25, -0.2) is 0 Å². The minimum atomic E-state index is -0.00551. The SMILES string of the molecule is Cc1ccc(C)c(NC(=O)CN2CCC[C@@H]2CO)c1. The van der Waals surface area contributed by atoms with E-state index in [1.54, 1.807) is 0 Å². The van der Waals surface area contributed by atoms with Crippen molar-refractivity contribution in [3.05, 3.63) is 29.3 Å². The highest BCUT2D eigenvalue weighted by molar-refractivity contribution is 5.93. The van der Waals surface area contributed by atoms with Gasteiger partial charge in [0.15, 0.2) is 0 Å². The number of nitrogens with zero attached hydrogens (tertiary/aromatic N) is 1. The van der Waals surface area contributed by atoms with Crippen molar-refractivity contribution >= 4 is 11.6 Å². The summed E-state index contributed by atoms with van der Waals surface area (Å²) in [5.74, 6) is -0.00551. The van der Waals surface area contributed by atoms with E-state index in [0.29, 0.717) is 6.54 Å². The molecule has 0 bridgehead atoms. The predicted molar refractivity (Wildman–Crippen MR) is 76.2 cm³/mol. The molecule has 1 saturated heterocycles. The summed E-state index contributed by atoms with van der Waals surface area (Å²) in [6, 6.07) is 6.18. The van der Waals surface area contributed by atoms with Gasteiger partial charge in [-0.2, -0.15) is 0 Å². The Morgan fingerprint density at radius 2 is 2.26 bits per heavy atom. The second-order valence-corrected chi connectivity index (χ2v) is 5.32. The van der Waals surface area contributed by atoms with Crippen molar-refractivity contribution in [3.63, 3.8) is 0 Å². The molecule has 0 spiro atoms. The predicted octanol–water partition coefficient (Wildman–Crippen LogP) is 1.70. The van der Waals surface area contributed by atoms with Gasteiger partial charge in [-0.15, -0.1) is 0 Å². The molecule has 1 aliphatic heterocycles. The molecule has 104 valence electrons. The number of aliphatic hydroxyl groups is 1. The van der Waals surface area contributed by atoms with E-state index in [1.807, 2.05) is 32.0 Å². The largest absolute Gasteiger partial charge is 0.395 e. The van der Waals surface area contributed by atoms with Gasteiger partial charge >= 0.3 is 0 Å². The molecule has 0 unspecified atom stereocenters. The minimum Gasteiger partial charge on any atom is -0.395 e. The van der Waals surface area contributed by atoms with Gasteiger partial charge in [0.2, 0.25) is 5.91 Å². The van der Waals surface area contributed by atoms with E-state index in [2.05, 4.69) is 10.2 Å². The summed E-state index contributed by atoms with van der Waals surface area (Å²) in [7, 11) is 0. The summed E-state index contributed by atoms with van der Waals surface area (Å²) in [6.45, 7) is 5.39. The van der Waals surface area contributed by atoms with E-state index in [-0.39, 0.29) is 18.6 Å². The molecule has 0 radical (unpaired) electrons. The van der Waals surface area contributed by atoms with Crippen LogP contribution in [0.3, 0.4) is 0 Å². The second-order valence-electron chi connectivity index (χ2n) is 5.32. The molecule has 2 rings (SSSR count). The van der Waals surface area contributed by atoms with Crippen LogP contribution in [-0.2, 0) is 4.79 Å². The first-order valence-electron chi connectivity index (χ1n) is 6.82. The van der Waals surface area contributed by atoms with Crippen LogP contribution < -0.4 is 5.32 Å². The average Bonchev–Trinajstić information content (AvgIpc) is 2.81. The van der Waals surface area contributed by atoms with E-state index in [0.717, 1.165) is 36.2 Å². The summed E-state index contributed by atoms with van der Waals surface area (Å²) in [4.78, 5) is 14.1. The summed E-state index contributed by atoms with van der Waals surface area (Å²) >= 11 is 0. The number of carbonyl (C=O) groups is 1. The maximum atomic E-state index is 12.1. The standard InChI is InChI=1S/C15H22N2O2/c1-11-5-6-12(2)14(8-11)16-15(19)9-17-7-3-4-13(17)10-18/h5-6,8,13,18H,3-4,7,9-10H2,1-2H3,(H,16,19)/t13-/m1/s1. The van der Waals surface area contributed by atoms with Gasteiger partial charge in [0, 0.05) is 11.7 Å². The normalized spacial score (nSPS) is 19.6. The number of hydrogen-bond donors (Lipinski definition) is 2. The minimum absolute atomic E-state index is 0.00551. The van der Waals surface area contributed by atoms with E-state index < -0.39 is 0 Å². The van der Waals surface area contributed by atoms with Crippen molar-refractivity contribution in [2.45, 2.75) is 32.7 Å². The molecule has 4 nitrogen and oxygen atoms in total. The highest BCUT2D eigenvalue weighted by atomic mass is 16.3. The number of rotatable bonds is 4. The Bertz CT molecular complexity index is 459. The van der Waals surface area contributed by atoms with Crippen LogP contribution in [0.2, 0.25) is 0 Å². The summed E-state index contributed by atoms with van der Waals surface area (Å²) in [5, 5.41) is 12.2. The lowest BCUT2D eigenvalue weighted by Crippen LogP contribution is -2.38. The topological polar surface area (TPSA) is 52.6 Å². The Hall–Kier alpha value is -1.39. The van der Waals surface area contributed by atoms with Crippen LogP contribution >= 0.6 is 0 Å². The molecule has 1 heterocycles. The highest BCUT2D eigenvalue weighted by Crippen LogP contribution is 2.18. The zero-order chi connectivity index (χ0) is 13.8. The molecular weight excluding hydrogens is 240 g/mol. The Morgan fingerprint density at radius 3 is 3.00 bits per heavy atom. The van der Waals surface area contributed by atoms with Crippen molar-refractivity contribution in [2.75, 3.05) is 25.0 Å². The number of benzene rings is 1. The number of anilines is 1. The van der Waals surface area contributed by atoms with Crippen molar-refractivity contribution in [1.29, 1.82) is 0 Å². The number of amides is 1. The molecule has 0 aromatic heterocycles. The fourth-order valence-corrected chi connectivity index (χ4v) is 2.55. The second kappa shape index (κ2) is 6.17. The molecule has 1 aromatic rings. The van der Waals surface area contributed by atoms with Crippen molar-refractivity contribution in [3.8, 4) is 0 Å². The summed E-state index contributed by atoms with van der Waals surface area (Å²) in [6.07, 6.45) is 2.04. The van der Waals surface area contributed by atoms with E-state index >= 15 is 0 Å². The maximum Gasteiger partial charge on any atom is 0.238 e. The monoisotopic (exact) mass is 262 g/mol. The smallest absolute Gasteiger partial charge is 0.238 e. The Kier molecular flexibility index (Phi) is 4.56. The lowest BCUT2D eigenvalue weighted by molar-refractivity contribution is -0.117. The van der Waals surface area contributed by atoms with Crippen LogP contribution in [0.25, 0.3) is 0 Å². The first-order chi connectivity index (χ1) is 9.10. The van der Waals surface area contributed by atoms with Crippen LogP contribution in [0, 0.1) is 13.8 Å². The number of carbonyl (C=O) groups excluding carboxylic acids is 1. The number of aliphatic hydroxyl groups excluding tert-OH is 1. The third-order valence-corrected chi connectivity index (χ3v) is 3.72. The van der Waals surface area contributed by atoms with Gasteiger partial charge in [-0.1, -0.05) is 12.1 Å². The van der Waals surface area contributed by atoms with Gasteiger partial charge in [0.25, 0.3) is 0 Å². The molecule has 2 N–H and O–H groups in total. The lowest BCUT2D eigenvalue weighted by atomic mass is 10.1. The molecule has 4 heteroatoms. The molecule has 1 fully saturated rings. The van der Waals surface area contributed by atoms with Gasteiger partial charge in [0.05, 0.1) is 13.2 Å². The zero-order valence-electron chi connectivity index (χ0n) is 11.6. The third-order valence-electron chi connectivity index (χ3n) is 3.72. The Morgan fingerprint density at radius 1 is 1.47 bits per heavy atom. The van der Waals surface area contributed by atoms with E-state index in [9.17, 15) is 9.90 Å². The number of nitrogens with one attached hydrogen (secondary N) is 1. The van der Waals surface area contributed by atoms with Crippen LogP contribution in [-0.4, -0.2) is 41.7 Å². The fraction of sp³-hybridized carbons (Fsp3) is 0.533. The molecule has 1 amide bonds. The molecule has 1 atom stereocenters. The zero-order valence-corrected chi connectivity index (χ0v) is 11.6. The Balaban J connectivity index is 1.95. The highest BCUT2D eigenvalue weighted by Gasteiger charge is 2.25. The van der Waals surface area contributed by atoms with Crippen molar-refractivity contribution in [1.82, 2.24) is 4.90 Å². The molecule has 0 saturated carbocycles. The van der Waals surface area contributed by atoms with Crippen LogP contribution in [0.15, 0.2) is 18.2 Å². The molecular formula is C15H22N2O2. The van der Waals surface area contributed by atoms with Crippen LogP contribution in [0.5, 0.6) is 0 Å². The van der Waals surface area contributed by atoms with Crippen LogP contribution in [0.1, 0.15) is 24.0 Å². The van der Waals surface area contributed by atoms with Crippen LogP contribution in [0.4, 0.5) is 5.69 Å². The lowest BCUT2D eigenvalue weighted by Gasteiger charge is -2.22. The number of likely N-dealkylation sites (tertiary alicyclic amines) is 1. The van der Waals surface area contributed by atoms with Gasteiger partial charge in [0.1, 0.15) is 0 Å². The molecule has 19 heavy (non-hydrogen) atoms. The van der Waals surface area contributed by atoms with Gasteiger partial charge in [-0.05, 0) is 50.4 Å². The maximum absolute atomic E-state index is 12.1. The van der Waals surface area contributed by atoms with Crippen molar-refractivity contribution < 1.29 is 9.90 Å². The summed E-state index contributed by atoms with van der Waals surface area (Å²) in [5.41, 5.74) is 3.08. The van der Waals surface area contributed by atoms with Gasteiger partial charge in [-0.3, -0.25) is 9.69 Å². The molecule has 1 aromatic carbocycles. The first-order valence-corrected chi connectivity index (χ1v) is 6.82. The molecule has 0 aliphatic carbocycles. The quantitative estimate of drug-likeness (QED) is 0.868. The van der Waals surface area contributed by atoms with Crippen molar-refractivity contribution in [2.24, 2.45) is 0 Å².